The standard InChI is InChI=1S/C27H31ClFN3O3S/c1-3-35-14-7-13-31(27(34)30-22-10-11-24(29)23(28)16-22)19-26(33)32(17-21-8-5-4-6-9-21)18-25-20(2)12-15-36-25/h4-6,8-12,15-16H,3,7,13-14,17-19H2,1-2H3,(H,30,34). The molecule has 3 rings (SSSR count). The van der Waals surface area contributed by atoms with E-state index in [1.54, 1.807) is 16.2 Å². The lowest BCUT2D eigenvalue weighted by molar-refractivity contribution is -0.133. The Labute approximate surface area is 220 Å². The van der Waals surface area contributed by atoms with Crippen LogP contribution in [0.5, 0.6) is 0 Å². The van der Waals surface area contributed by atoms with Gasteiger partial charge in [-0.15, -0.1) is 11.3 Å². The number of ether oxygens (including phenoxy) is 1. The topological polar surface area (TPSA) is 61.9 Å². The number of hydrogen-bond donors (Lipinski definition) is 1. The number of urea groups is 1. The lowest BCUT2D eigenvalue weighted by Gasteiger charge is -2.28. The van der Waals surface area contributed by atoms with E-state index in [1.807, 2.05) is 55.6 Å². The summed E-state index contributed by atoms with van der Waals surface area (Å²) in [7, 11) is 0. The Morgan fingerprint density at radius 3 is 2.53 bits per heavy atom. The van der Waals surface area contributed by atoms with Crippen LogP contribution in [0, 0.1) is 12.7 Å². The van der Waals surface area contributed by atoms with Crippen molar-refractivity contribution in [3.63, 3.8) is 0 Å². The fourth-order valence-corrected chi connectivity index (χ4v) is 4.67. The van der Waals surface area contributed by atoms with Crippen LogP contribution in [0.3, 0.4) is 0 Å². The number of hydrogen-bond acceptors (Lipinski definition) is 4. The Kier molecular flexibility index (Phi) is 10.7. The molecule has 0 saturated carbocycles. The Morgan fingerprint density at radius 1 is 1.08 bits per heavy atom. The zero-order chi connectivity index (χ0) is 25.9. The molecule has 192 valence electrons. The number of rotatable bonds is 12. The molecule has 0 spiro atoms. The Hall–Kier alpha value is -2.94. The van der Waals surface area contributed by atoms with Gasteiger partial charge in [0.2, 0.25) is 5.91 Å². The van der Waals surface area contributed by atoms with E-state index in [-0.39, 0.29) is 17.5 Å². The Bertz CT molecular complexity index is 1140. The summed E-state index contributed by atoms with van der Waals surface area (Å²) in [5.74, 6) is -0.741. The third-order valence-corrected chi connectivity index (χ3v) is 6.87. The number of nitrogens with one attached hydrogen (secondary N) is 1. The van der Waals surface area contributed by atoms with Crippen LogP contribution >= 0.6 is 22.9 Å². The maximum Gasteiger partial charge on any atom is 0.322 e. The van der Waals surface area contributed by atoms with E-state index in [9.17, 15) is 14.0 Å². The van der Waals surface area contributed by atoms with Crippen molar-refractivity contribution in [2.24, 2.45) is 0 Å². The highest BCUT2D eigenvalue weighted by Gasteiger charge is 2.23. The molecule has 0 atom stereocenters. The van der Waals surface area contributed by atoms with Gasteiger partial charge in [0.05, 0.1) is 11.6 Å². The number of benzene rings is 2. The van der Waals surface area contributed by atoms with E-state index in [2.05, 4.69) is 5.32 Å². The predicted octanol–water partition coefficient (Wildman–Crippen LogP) is 6.34. The molecule has 3 amide bonds. The normalized spacial score (nSPS) is 10.8. The molecule has 0 unspecified atom stereocenters. The molecule has 3 aromatic rings. The molecule has 6 nitrogen and oxygen atoms in total. The third kappa shape index (κ3) is 8.33. The second-order valence-electron chi connectivity index (χ2n) is 8.29. The van der Waals surface area contributed by atoms with Crippen molar-refractivity contribution >= 4 is 40.6 Å². The van der Waals surface area contributed by atoms with Gasteiger partial charge in [0.1, 0.15) is 12.4 Å². The molecule has 36 heavy (non-hydrogen) atoms. The first kappa shape index (κ1) is 27.6. The summed E-state index contributed by atoms with van der Waals surface area (Å²) in [6.45, 7) is 6.08. The smallest absolute Gasteiger partial charge is 0.322 e. The number of amides is 3. The van der Waals surface area contributed by atoms with Gasteiger partial charge in [-0.2, -0.15) is 0 Å². The van der Waals surface area contributed by atoms with Crippen LogP contribution in [0.25, 0.3) is 0 Å². The van der Waals surface area contributed by atoms with Crippen molar-refractivity contribution in [2.75, 3.05) is 31.6 Å². The largest absolute Gasteiger partial charge is 0.382 e. The molecule has 1 aromatic heterocycles. The van der Waals surface area contributed by atoms with Gasteiger partial charge in [-0.25, -0.2) is 9.18 Å². The van der Waals surface area contributed by atoms with Gasteiger partial charge >= 0.3 is 6.03 Å². The van der Waals surface area contributed by atoms with Gasteiger partial charge in [0.15, 0.2) is 0 Å². The van der Waals surface area contributed by atoms with Crippen molar-refractivity contribution in [3.8, 4) is 0 Å². The number of aryl methyl sites for hydroxylation is 1. The molecule has 0 saturated heterocycles. The number of carbonyl (C=O) groups is 2. The first-order valence-corrected chi connectivity index (χ1v) is 13.1. The summed E-state index contributed by atoms with van der Waals surface area (Å²) >= 11 is 7.47. The molecule has 0 radical (unpaired) electrons. The van der Waals surface area contributed by atoms with Gasteiger partial charge in [-0.1, -0.05) is 41.9 Å². The number of thiophene rings is 1. The monoisotopic (exact) mass is 531 g/mol. The molecular formula is C27H31ClFN3O3S. The van der Waals surface area contributed by atoms with E-state index < -0.39 is 11.8 Å². The van der Waals surface area contributed by atoms with E-state index in [1.165, 1.54) is 23.1 Å². The van der Waals surface area contributed by atoms with Crippen molar-refractivity contribution in [2.45, 2.75) is 33.4 Å². The molecule has 0 aliphatic rings. The minimum absolute atomic E-state index is 0.0906. The van der Waals surface area contributed by atoms with Crippen molar-refractivity contribution in [1.82, 2.24) is 9.80 Å². The SMILES string of the molecule is CCOCCCN(CC(=O)N(Cc1ccccc1)Cc1sccc1C)C(=O)Nc1ccc(F)c(Cl)c1. The van der Waals surface area contributed by atoms with Crippen LogP contribution in [0.1, 0.15) is 29.3 Å². The minimum atomic E-state index is -0.571. The van der Waals surface area contributed by atoms with Crippen LogP contribution in [0.15, 0.2) is 60.0 Å². The summed E-state index contributed by atoms with van der Waals surface area (Å²) in [5.41, 5.74) is 2.49. The van der Waals surface area contributed by atoms with Gasteiger partial charge in [0.25, 0.3) is 0 Å². The van der Waals surface area contributed by atoms with Crippen LogP contribution in [-0.4, -0.2) is 48.0 Å². The summed E-state index contributed by atoms with van der Waals surface area (Å²) in [4.78, 5) is 31.0. The minimum Gasteiger partial charge on any atom is -0.382 e. The van der Waals surface area contributed by atoms with E-state index >= 15 is 0 Å². The summed E-state index contributed by atoms with van der Waals surface area (Å²) in [5, 5.41) is 4.65. The number of halogens is 2. The van der Waals surface area contributed by atoms with Crippen molar-refractivity contribution in [1.29, 1.82) is 0 Å². The lowest BCUT2D eigenvalue weighted by Crippen LogP contribution is -2.44. The third-order valence-electron chi connectivity index (χ3n) is 5.58. The lowest BCUT2D eigenvalue weighted by atomic mass is 10.2. The average Bonchev–Trinajstić information content (AvgIpc) is 3.27. The fraction of sp³-hybridized carbons (Fsp3) is 0.333. The first-order chi connectivity index (χ1) is 17.4. The molecule has 1 heterocycles. The molecule has 0 aliphatic carbocycles. The molecule has 0 aliphatic heterocycles. The van der Waals surface area contributed by atoms with E-state index in [4.69, 9.17) is 16.3 Å². The van der Waals surface area contributed by atoms with Gasteiger partial charge in [0, 0.05) is 36.9 Å². The average molecular weight is 532 g/mol. The molecule has 1 N–H and O–H groups in total. The summed E-state index contributed by atoms with van der Waals surface area (Å²) in [6, 6.07) is 15.3. The molecule has 2 aromatic carbocycles. The van der Waals surface area contributed by atoms with Crippen LogP contribution in [-0.2, 0) is 22.6 Å². The quantitative estimate of drug-likeness (QED) is 0.277. The zero-order valence-electron chi connectivity index (χ0n) is 20.5. The van der Waals surface area contributed by atoms with Gasteiger partial charge in [-0.3, -0.25) is 4.79 Å². The maximum absolute atomic E-state index is 13.5. The summed E-state index contributed by atoms with van der Waals surface area (Å²) < 4.78 is 19.0. The number of nitrogens with zero attached hydrogens (tertiary/aromatic N) is 2. The second-order valence-corrected chi connectivity index (χ2v) is 9.70. The van der Waals surface area contributed by atoms with Gasteiger partial charge in [-0.05, 0) is 61.0 Å². The van der Waals surface area contributed by atoms with Crippen molar-refractivity contribution < 1.29 is 18.7 Å². The summed E-state index contributed by atoms with van der Waals surface area (Å²) in [6.07, 6.45) is 0.571. The van der Waals surface area contributed by atoms with Crippen LogP contribution in [0.4, 0.5) is 14.9 Å². The first-order valence-electron chi connectivity index (χ1n) is 11.8. The highest BCUT2D eigenvalue weighted by atomic mass is 35.5. The van der Waals surface area contributed by atoms with Gasteiger partial charge < -0.3 is 19.9 Å². The Morgan fingerprint density at radius 2 is 1.86 bits per heavy atom. The Balaban J connectivity index is 1.76. The van der Waals surface area contributed by atoms with Crippen LogP contribution in [0.2, 0.25) is 5.02 Å². The van der Waals surface area contributed by atoms with E-state index in [0.29, 0.717) is 45.0 Å². The van der Waals surface area contributed by atoms with E-state index in [0.717, 1.165) is 16.0 Å². The highest BCUT2D eigenvalue weighted by molar-refractivity contribution is 7.10. The molecular weight excluding hydrogens is 501 g/mol. The molecule has 0 bridgehead atoms. The predicted molar refractivity (Wildman–Crippen MR) is 143 cm³/mol. The fourth-order valence-electron chi connectivity index (χ4n) is 3.57. The zero-order valence-corrected chi connectivity index (χ0v) is 22.1. The highest BCUT2D eigenvalue weighted by Crippen LogP contribution is 2.21. The van der Waals surface area contributed by atoms with Crippen molar-refractivity contribution in [3.05, 3.63) is 86.8 Å². The maximum atomic E-state index is 13.5. The number of carbonyl (C=O) groups excluding carboxylic acids is 2. The molecule has 0 fully saturated rings. The molecule has 9 heteroatoms. The number of anilines is 1. The van der Waals surface area contributed by atoms with Crippen LogP contribution < -0.4 is 5.32 Å². The second kappa shape index (κ2) is 14.0.